The summed E-state index contributed by atoms with van der Waals surface area (Å²) < 4.78 is 1.17. The summed E-state index contributed by atoms with van der Waals surface area (Å²) >= 11 is 1.56. The Labute approximate surface area is 110 Å². The summed E-state index contributed by atoms with van der Waals surface area (Å²) in [7, 11) is 0. The molecule has 0 fully saturated rings. The Kier molecular flexibility index (Phi) is 2.62. The van der Waals surface area contributed by atoms with Gasteiger partial charge in [-0.2, -0.15) is 5.26 Å². The van der Waals surface area contributed by atoms with Gasteiger partial charge >= 0.3 is 0 Å². The van der Waals surface area contributed by atoms with Crippen LogP contribution in [0.5, 0.6) is 0 Å². The van der Waals surface area contributed by atoms with Crippen molar-refractivity contribution in [3.63, 3.8) is 0 Å². The molecule has 1 nitrogen and oxygen atoms in total. The lowest BCUT2D eigenvalue weighted by Crippen LogP contribution is -1.79. The van der Waals surface area contributed by atoms with E-state index in [0.29, 0.717) is 0 Å². The second-order valence-corrected chi connectivity index (χ2v) is 5.33. The lowest BCUT2D eigenvalue weighted by Gasteiger charge is -2.01. The molecule has 2 heteroatoms. The SMILES string of the molecule is Cc1ccc(-c2c(C#N)sc3ccccc23)cc1. The van der Waals surface area contributed by atoms with Crippen LogP contribution in [0, 0.1) is 18.3 Å². The maximum Gasteiger partial charge on any atom is 0.113 e. The highest BCUT2D eigenvalue weighted by Crippen LogP contribution is 2.38. The van der Waals surface area contributed by atoms with Gasteiger partial charge in [-0.25, -0.2) is 0 Å². The van der Waals surface area contributed by atoms with Gasteiger partial charge in [0.2, 0.25) is 0 Å². The van der Waals surface area contributed by atoms with E-state index in [2.05, 4.69) is 49.4 Å². The zero-order chi connectivity index (χ0) is 12.5. The summed E-state index contributed by atoms with van der Waals surface area (Å²) in [5.41, 5.74) is 3.42. The number of benzene rings is 2. The van der Waals surface area contributed by atoms with E-state index in [0.717, 1.165) is 16.0 Å². The Hall–Kier alpha value is -2.11. The molecule has 0 bridgehead atoms. The molecule has 0 atom stereocenters. The molecular formula is C16H11NS. The van der Waals surface area contributed by atoms with Crippen LogP contribution in [0.1, 0.15) is 10.4 Å². The zero-order valence-electron chi connectivity index (χ0n) is 9.97. The molecule has 0 aliphatic rings. The van der Waals surface area contributed by atoms with Crippen LogP contribution in [-0.2, 0) is 0 Å². The Morgan fingerprint density at radius 1 is 1.00 bits per heavy atom. The van der Waals surface area contributed by atoms with Crippen molar-refractivity contribution in [1.29, 1.82) is 5.26 Å². The maximum atomic E-state index is 9.30. The lowest BCUT2D eigenvalue weighted by atomic mass is 10.0. The third kappa shape index (κ3) is 1.70. The Morgan fingerprint density at radius 2 is 1.72 bits per heavy atom. The molecule has 0 aliphatic heterocycles. The molecular weight excluding hydrogens is 238 g/mol. The monoisotopic (exact) mass is 249 g/mol. The van der Waals surface area contributed by atoms with Gasteiger partial charge in [0, 0.05) is 15.6 Å². The first kappa shape index (κ1) is 11.0. The molecule has 0 radical (unpaired) electrons. The predicted octanol–water partition coefficient (Wildman–Crippen LogP) is 4.75. The number of thiophene rings is 1. The molecule has 3 aromatic rings. The first-order chi connectivity index (χ1) is 8.79. The van der Waals surface area contributed by atoms with Crippen molar-refractivity contribution in [1.82, 2.24) is 0 Å². The average Bonchev–Trinajstić information content (AvgIpc) is 2.78. The number of rotatable bonds is 1. The average molecular weight is 249 g/mol. The third-order valence-electron chi connectivity index (χ3n) is 3.04. The minimum atomic E-state index is 0.792. The summed E-state index contributed by atoms with van der Waals surface area (Å²) in [6.07, 6.45) is 0. The minimum Gasteiger partial charge on any atom is -0.192 e. The standard InChI is InChI=1S/C16H11NS/c1-11-6-8-12(9-7-11)16-13-4-2-3-5-14(13)18-15(16)10-17/h2-9H,1H3. The largest absolute Gasteiger partial charge is 0.192 e. The normalized spacial score (nSPS) is 10.4. The number of nitriles is 1. The highest BCUT2D eigenvalue weighted by atomic mass is 32.1. The third-order valence-corrected chi connectivity index (χ3v) is 4.11. The van der Waals surface area contributed by atoms with E-state index >= 15 is 0 Å². The smallest absolute Gasteiger partial charge is 0.113 e. The summed E-state index contributed by atoms with van der Waals surface area (Å²) in [4.78, 5) is 0.792. The molecule has 0 saturated heterocycles. The Morgan fingerprint density at radius 3 is 2.44 bits per heavy atom. The second kappa shape index (κ2) is 4.29. The summed E-state index contributed by atoms with van der Waals surface area (Å²) in [5, 5.41) is 10.5. The molecule has 0 saturated carbocycles. The summed E-state index contributed by atoms with van der Waals surface area (Å²) in [6, 6.07) is 18.9. The van der Waals surface area contributed by atoms with Crippen molar-refractivity contribution in [2.75, 3.05) is 0 Å². The van der Waals surface area contributed by atoms with Gasteiger partial charge in [-0.3, -0.25) is 0 Å². The molecule has 3 rings (SSSR count). The van der Waals surface area contributed by atoms with Crippen LogP contribution < -0.4 is 0 Å². The van der Waals surface area contributed by atoms with Gasteiger partial charge in [0.25, 0.3) is 0 Å². The number of nitrogens with zero attached hydrogens (tertiary/aromatic N) is 1. The fourth-order valence-electron chi connectivity index (χ4n) is 2.13. The van der Waals surface area contributed by atoms with Crippen LogP contribution in [0.3, 0.4) is 0 Å². The van der Waals surface area contributed by atoms with Crippen LogP contribution >= 0.6 is 11.3 Å². The molecule has 1 heterocycles. The van der Waals surface area contributed by atoms with Gasteiger partial charge in [-0.15, -0.1) is 11.3 Å². The molecule has 0 N–H and O–H groups in total. The molecule has 0 spiro atoms. The highest BCUT2D eigenvalue weighted by Gasteiger charge is 2.12. The van der Waals surface area contributed by atoms with Crippen molar-refractivity contribution >= 4 is 21.4 Å². The van der Waals surface area contributed by atoms with Crippen molar-refractivity contribution < 1.29 is 0 Å². The van der Waals surface area contributed by atoms with Gasteiger partial charge in [-0.05, 0) is 18.6 Å². The van der Waals surface area contributed by atoms with Gasteiger partial charge in [0.15, 0.2) is 0 Å². The van der Waals surface area contributed by atoms with Crippen molar-refractivity contribution in [3.05, 3.63) is 59.0 Å². The van der Waals surface area contributed by atoms with E-state index in [-0.39, 0.29) is 0 Å². The molecule has 0 amide bonds. The summed E-state index contributed by atoms with van der Waals surface area (Å²) in [6.45, 7) is 2.07. The van der Waals surface area contributed by atoms with E-state index in [9.17, 15) is 5.26 Å². The van der Waals surface area contributed by atoms with Crippen LogP contribution in [0.4, 0.5) is 0 Å². The molecule has 1 aromatic heterocycles. The van der Waals surface area contributed by atoms with E-state index in [1.807, 2.05) is 12.1 Å². The second-order valence-electron chi connectivity index (χ2n) is 4.28. The number of hydrogen-bond donors (Lipinski definition) is 0. The first-order valence-corrected chi connectivity index (χ1v) is 6.60. The molecule has 0 unspecified atom stereocenters. The van der Waals surface area contributed by atoms with Crippen molar-refractivity contribution in [2.24, 2.45) is 0 Å². The van der Waals surface area contributed by atoms with Crippen LogP contribution in [0.2, 0.25) is 0 Å². The quantitative estimate of drug-likeness (QED) is 0.610. The molecule has 86 valence electrons. The number of hydrogen-bond acceptors (Lipinski definition) is 2. The zero-order valence-corrected chi connectivity index (χ0v) is 10.8. The highest BCUT2D eigenvalue weighted by molar-refractivity contribution is 7.20. The predicted molar refractivity (Wildman–Crippen MR) is 76.7 cm³/mol. The van der Waals surface area contributed by atoms with Crippen LogP contribution in [0.15, 0.2) is 48.5 Å². The van der Waals surface area contributed by atoms with E-state index in [4.69, 9.17) is 0 Å². The van der Waals surface area contributed by atoms with E-state index in [1.54, 1.807) is 11.3 Å². The van der Waals surface area contributed by atoms with Crippen molar-refractivity contribution in [2.45, 2.75) is 6.92 Å². The first-order valence-electron chi connectivity index (χ1n) is 5.78. The Balaban J connectivity index is 2.33. The van der Waals surface area contributed by atoms with Gasteiger partial charge in [0.05, 0.1) is 0 Å². The van der Waals surface area contributed by atoms with Crippen molar-refractivity contribution in [3.8, 4) is 17.2 Å². The Bertz CT molecular complexity index is 745. The van der Waals surface area contributed by atoms with Crippen LogP contribution in [0.25, 0.3) is 21.2 Å². The van der Waals surface area contributed by atoms with Crippen LogP contribution in [-0.4, -0.2) is 0 Å². The maximum absolute atomic E-state index is 9.30. The lowest BCUT2D eigenvalue weighted by molar-refractivity contribution is 1.47. The summed E-state index contributed by atoms with van der Waals surface area (Å²) in [5.74, 6) is 0. The molecule has 2 aromatic carbocycles. The van der Waals surface area contributed by atoms with Gasteiger partial charge < -0.3 is 0 Å². The fourth-order valence-corrected chi connectivity index (χ4v) is 3.15. The molecule has 18 heavy (non-hydrogen) atoms. The number of aryl methyl sites for hydroxylation is 1. The van der Waals surface area contributed by atoms with Gasteiger partial charge in [0.1, 0.15) is 10.9 Å². The number of fused-ring (bicyclic) bond motifs is 1. The van der Waals surface area contributed by atoms with E-state index in [1.165, 1.54) is 15.6 Å². The van der Waals surface area contributed by atoms with Gasteiger partial charge in [-0.1, -0.05) is 48.0 Å². The van der Waals surface area contributed by atoms with E-state index < -0.39 is 0 Å². The topological polar surface area (TPSA) is 23.8 Å². The molecule has 0 aliphatic carbocycles. The fraction of sp³-hybridized carbons (Fsp3) is 0.0625. The minimum absolute atomic E-state index is 0.792.